The van der Waals surface area contributed by atoms with Crippen LogP contribution in [0.1, 0.15) is 25.7 Å². The zero-order chi connectivity index (χ0) is 10.7. The van der Waals surface area contributed by atoms with E-state index in [1.54, 1.807) is 0 Å². The minimum absolute atomic E-state index is 0.0732. The van der Waals surface area contributed by atoms with Crippen molar-refractivity contribution in [2.75, 3.05) is 19.8 Å². The van der Waals surface area contributed by atoms with Crippen molar-refractivity contribution >= 4 is 5.91 Å². The second kappa shape index (κ2) is 4.94. The Hall–Kier alpha value is -0.610. The van der Waals surface area contributed by atoms with E-state index in [1.807, 2.05) is 0 Å². The second-order valence-electron chi connectivity index (χ2n) is 4.60. The van der Waals surface area contributed by atoms with E-state index in [-0.39, 0.29) is 11.8 Å². The van der Waals surface area contributed by atoms with Gasteiger partial charge in [0.25, 0.3) is 0 Å². The summed E-state index contributed by atoms with van der Waals surface area (Å²) in [6.07, 6.45) is 4.30. The molecule has 2 aliphatic rings. The van der Waals surface area contributed by atoms with Gasteiger partial charge in [-0.15, -0.1) is 0 Å². The van der Waals surface area contributed by atoms with Crippen LogP contribution in [-0.2, 0) is 9.53 Å². The zero-order valence-electron chi connectivity index (χ0n) is 9.08. The minimum atomic E-state index is 0.0732. The van der Waals surface area contributed by atoms with Crippen molar-refractivity contribution in [2.24, 2.45) is 17.6 Å². The summed E-state index contributed by atoms with van der Waals surface area (Å²) in [6.45, 7) is 2.00. The molecular weight excluding hydrogens is 192 g/mol. The highest BCUT2D eigenvalue weighted by atomic mass is 16.5. The van der Waals surface area contributed by atoms with Crippen LogP contribution in [0.25, 0.3) is 0 Å². The molecule has 4 heteroatoms. The van der Waals surface area contributed by atoms with Crippen LogP contribution in [-0.4, -0.2) is 31.7 Å². The largest absolute Gasteiger partial charge is 0.381 e. The topological polar surface area (TPSA) is 64.3 Å². The van der Waals surface area contributed by atoms with Gasteiger partial charge in [-0.2, -0.15) is 0 Å². The Morgan fingerprint density at radius 2 is 2.27 bits per heavy atom. The van der Waals surface area contributed by atoms with Crippen LogP contribution in [0.15, 0.2) is 0 Å². The van der Waals surface area contributed by atoms with E-state index in [0.29, 0.717) is 25.1 Å². The van der Waals surface area contributed by atoms with Crippen LogP contribution in [0.5, 0.6) is 0 Å². The first-order valence-electron chi connectivity index (χ1n) is 5.89. The maximum Gasteiger partial charge on any atom is 0.225 e. The average Bonchev–Trinajstić information content (AvgIpc) is 2.87. The summed E-state index contributed by atoms with van der Waals surface area (Å²) in [5.74, 6) is 0.721. The molecule has 1 saturated heterocycles. The Balaban J connectivity index is 1.82. The highest BCUT2D eigenvalue weighted by Crippen LogP contribution is 2.25. The van der Waals surface area contributed by atoms with Crippen molar-refractivity contribution in [3.05, 3.63) is 0 Å². The number of carbonyl (C=O) groups excluding carboxylic acids is 1. The van der Waals surface area contributed by atoms with E-state index in [2.05, 4.69) is 5.32 Å². The van der Waals surface area contributed by atoms with Crippen LogP contribution < -0.4 is 11.1 Å². The molecule has 1 heterocycles. The van der Waals surface area contributed by atoms with Crippen molar-refractivity contribution in [1.82, 2.24) is 5.32 Å². The summed E-state index contributed by atoms with van der Waals surface area (Å²) in [6, 6.07) is 0.308. The molecular formula is C11H20N2O2. The summed E-state index contributed by atoms with van der Waals surface area (Å²) in [7, 11) is 0. The molecule has 0 spiro atoms. The Kier molecular flexibility index (Phi) is 3.59. The second-order valence-corrected chi connectivity index (χ2v) is 4.60. The molecule has 4 nitrogen and oxygen atoms in total. The van der Waals surface area contributed by atoms with Gasteiger partial charge in [0.2, 0.25) is 5.91 Å². The van der Waals surface area contributed by atoms with Gasteiger partial charge in [0.15, 0.2) is 0 Å². The van der Waals surface area contributed by atoms with Gasteiger partial charge in [-0.3, -0.25) is 4.79 Å². The van der Waals surface area contributed by atoms with Crippen molar-refractivity contribution in [2.45, 2.75) is 31.7 Å². The third-order valence-electron chi connectivity index (χ3n) is 3.59. The van der Waals surface area contributed by atoms with E-state index >= 15 is 0 Å². The summed E-state index contributed by atoms with van der Waals surface area (Å²) in [5.41, 5.74) is 5.68. The number of amides is 1. The van der Waals surface area contributed by atoms with Crippen molar-refractivity contribution in [3.8, 4) is 0 Å². The lowest BCUT2D eigenvalue weighted by Crippen LogP contribution is -2.42. The monoisotopic (exact) mass is 212 g/mol. The molecule has 0 aromatic heterocycles. The quantitative estimate of drug-likeness (QED) is 0.705. The molecule has 3 N–H and O–H groups in total. The first kappa shape index (κ1) is 10.9. The van der Waals surface area contributed by atoms with Crippen LogP contribution in [0.4, 0.5) is 0 Å². The molecule has 0 radical (unpaired) electrons. The molecule has 15 heavy (non-hydrogen) atoms. The number of hydrogen-bond acceptors (Lipinski definition) is 3. The van der Waals surface area contributed by atoms with Crippen LogP contribution in [0.2, 0.25) is 0 Å². The van der Waals surface area contributed by atoms with Crippen molar-refractivity contribution in [3.63, 3.8) is 0 Å². The molecule has 3 unspecified atom stereocenters. The molecule has 0 aromatic rings. The molecule has 1 saturated carbocycles. The number of carbonyl (C=O) groups is 1. The fourth-order valence-corrected chi connectivity index (χ4v) is 2.55. The smallest absolute Gasteiger partial charge is 0.225 e. The van der Waals surface area contributed by atoms with Gasteiger partial charge in [0.1, 0.15) is 0 Å². The van der Waals surface area contributed by atoms with Crippen LogP contribution in [0.3, 0.4) is 0 Å². The van der Waals surface area contributed by atoms with E-state index in [4.69, 9.17) is 10.5 Å². The average molecular weight is 212 g/mol. The van der Waals surface area contributed by atoms with Crippen LogP contribution in [0, 0.1) is 11.8 Å². The van der Waals surface area contributed by atoms with E-state index in [9.17, 15) is 4.79 Å². The third kappa shape index (κ3) is 2.49. The van der Waals surface area contributed by atoms with Gasteiger partial charge in [-0.1, -0.05) is 6.42 Å². The Bertz CT molecular complexity index is 227. The lowest BCUT2D eigenvalue weighted by molar-refractivity contribution is -0.125. The first-order valence-corrected chi connectivity index (χ1v) is 5.89. The number of nitrogens with one attached hydrogen (secondary N) is 1. The molecule has 86 valence electrons. The number of rotatable bonds is 3. The molecule has 0 aromatic carbocycles. The highest BCUT2D eigenvalue weighted by Gasteiger charge is 2.30. The number of hydrogen-bond donors (Lipinski definition) is 2. The first-order chi connectivity index (χ1) is 7.31. The molecule has 1 aliphatic carbocycles. The van der Waals surface area contributed by atoms with E-state index < -0.39 is 0 Å². The summed E-state index contributed by atoms with van der Waals surface area (Å²) in [4.78, 5) is 11.8. The maximum absolute atomic E-state index is 11.8. The van der Waals surface area contributed by atoms with Gasteiger partial charge in [0.05, 0.1) is 12.5 Å². The third-order valence-corrected chi connectivity index (χ3v) is 3.59. The molecule has 2 fully saturated rings. The zero-order valence-corrected chi connectivity index (χ0v) is 9.08. The number of ether oxygens (including phenoxy) is 1. The number of nitrogens with two attached hydrogens (primary N) is 1. The lowest BCUT2D eigenvalue weighted by atomic mass is 10.0. The standard InChI is InChI=1S/C11H20N2O2/c12-6-8-2-1-3-10(8)13-11(14)9-4-5-15-7-9/h8-10H,1-7,12H2,(H,13,14). The normalized spacial score (nSPS) is 35.7. The Morgan fingerprint density at radius 3 is 2.93 bits per heavy atom. The Morgan fingerprint density at radius 1 is 1.40 bits per heavy atom. The molecule has 0 bridgehead atoms. The molecule has 3 atom stereocenters. The van der Waals surface area contributed by atoms with Gasteiger partial charge in [0, 0.05) is 12.6 Å². The molecule has 2 rings (SSSR count). The summed E-state index contributed by atoms with van der Waals surface area (Å²) >= 11 is 0. The predicted octanol–water partition coefficient (Wildman–Crippen LogP) is 0.266. The van der Waals surface area contributed by atoms with E-state index in [1.165, 1.54) is 6.42 Å². The van der Waals surface area contributed by atoms with Gasteiger partial charge < -0.3 is 15.8 Å². The van der Waals surface area contributed by atoms with Crippen LogP contribution >= 0.6 is 0 Å². The van der Waals surface area contributed by atoms with Gasteiger partial charge >= 0.3 is 0 Å². The summed E-state index contributed by atoms with van der Waals surface area (Å²) < 4.78 is 5.21. The van der Waals surface area contributed by atoms with E-state index in [0.717, 1.165) is 25.9 Å². The fraction of sp³-hybridized carbons (Fsp3) is 0.909. The summed E-state index contributed by atoms with van der Waals surface area (Å²) in [5, 5.41) is 3.12. The highest BCUT2D eigenvalue weighted by molar-refractivity contribution is 5.79. The van der Waals surface area contributed by atoms with Crippen molar-refractivity contribution < 1.29 is 9.53 Å². The minimum Gasteiger partial charge on any atom is -0.381 e. The maximum atomic E-state index is 11.8. The molecule has 1 aliphatic heterocycles. The van der Waals surface area contributed by atoms with Gasteiger partial charge in [-0.05, 0) is 31.7 Å². The van der Waals surface area contributed by atoms with Gasteiger partial charge in [-0.25, -0.2) is 0 Å². The molecule has 1 amide bonds. The predicted molar refractivity (Wildman–Crippen MR) is 57.3 cm³/mol. The van der Waals surface area contributed by atoms with Crippen molar-refractivity contribution in [1.29, 1.82) is 0 Å². The lowest BCUT2D eigenvalue weighted by Gasteiger charge is -2.21. The Labute approximate surface area is 90.5 Å². The SMILES string of the molecule is NCC1CCCC1NC(=O)C1CCOC1. The fourth-order valence-electron chi connectivity index (χ4n) is 2.55.